The molecule has 0 saturated heterocycles. The second kappa shape index (κ2) is 4.22. The maximum absolute atomic E-state index is 13.9. The van der Waals surface area contributed by atoms with Crippen LogP contribution in [-0.4, -0.2) is 0 Å². The van der Waals surface area contributed by atoms with Gasteiger partial charge in [-0.2, -0.15) is 0 Å². The number of nitrogens with two attached hydrogens (primary N) is 1. The Morgan fingerprint density at radius 3 is 2.59 bits per heavy atom. The Morgan fingerprint density at radius 2 is 1.94 bits per heavy atom. The summed E-state index contributed by atoms with van der Waals surface area (Å²) in [5.41, 5.74) is 6.75. The first-order valence-corrected chi connectivity index (χ1v) is 7.13. The minimum Gasteiger partial charge on any atom is -0.324 e. The summed E-state index contributed by atoms with van der Waals surface area (Å²) in [6, 6.07) is 2.86. The minimum absolute atomic E-state index is 0.214. The van der Waals surface area contributed by atoms with E-state index in [1.807, 2.05) is 0 Å². The van der Waals surface area contributed by atoms with Crippen molar-refractivity contribution in [2.75, 3.05) is 0 Å². The Labute approximate surface area is 114 Å². The van der Waals surface area contributed by atoms with Gasteiger partial charge in [0.25, 0.3) is 0 Å². The molecule has 4 heteroatoms. The molecule has 3 atom stereocenters. The summed E-state index contributed by atoms with van der Waals surface area (Å²) < 4.78 is 14.5. The van der Waals surface area contributed by atoms with Crippen LogP contribution in [0.2, 0.25) is 5.02 Å². The lowest BCUT2D eigenvalue weighted by Crippen LogP contribution is -2.21. The van der Waals surface area contributed by atoms with Crippen LogP contribution < -0.4 is 5.73 Å². The van der Waals surface area contributed by atoms with Crippen molar-refractivity contribution < 1.29 is 4.39 Å². The number of hydrogen-bond donors (Lipinski definition) is 1. The lowest BCUT2D eigenvalue weighted by molar-refractivity contribution is 0.393. The molecule has 2 aliphatic rings. The highest BCUT2D eigenvalue weighted by Crippen LogP contribution is 2.56. The summed E-state index contributed by atoms with van der Waals surface area (Å²) in [4.78, 5) is 0. The second-order valence-corrected chi connectivity index (χ2v) is 6.56. The van der Waals surface area contributed by atoms with Crippen LogP contribution in [0.3, 0.4) is 0 Å². The average Bonchev–Trinajstić information content (AvgIpc) is 2.90. The number of fused-ring (bicyclic) bond motifs is 1. The highest BCUT2D eigenvalue weighted by molar-refractivity contribution is 9.10. The lowest BCUT2D eigenvalue weighted by atomic mass is 9.89. The van der Waals surface area contributed by atoms with Gasteiger partial charge in [-0.25, -0.2) is 4.39 Å². The molecule has 17 heavy (non-hydrogen) atoms. The van der Waals surface area contributed by atoms with Crippen LogP contribution in [0.4, 0.5) is 4.39 Å². The van der Waals surface area contributed by atoms with Gasteiger partial charge in [-0.1, -0.05) is 11.6 Å². The van der Waals surface area contributed by atoms with Crippen molar-refractivity contribution in [3.05, 3.63) is 33.0 Å². The molecule has 2 aliphatic carbocycles. The smallest absolute Gasteiger partial charge is 0.129 e. The van der Waals surface area contributed by atoms with E-state index in [2.05, 4.69) is 15.9 Å². The van der Waals surface area contributed by atoms with Crippen molar-refractivity contribution >= 4 is 27.5 Å². The Hall–Kier alpha value is -0.120. The van der Waals surface area contributed by atoms with Crippen LogP contribution in [-0.2, 0) is 0 Å². The van der Waals surface area contributed by atoms with E-state index in [0.29, 0.717) is 21.0 Å². The Kier molecular flexibility index (Phi) is 2.96. The van der Waals surface area contributed by atoms with E-state index in [1.165, 1.54) is 12.5 Å². The van der Waals surface area contributed by atoms with Gasteiger partial charge in [0.15, 0.2) is 0 Å². The number of hydrogen-bond acceptors (Lipinski definition) is 1. The van der Waals surface area contributed by atoms with Crippen LogP contribution in [0, 0.1) is 23.6 Å². The van der Waals surface area contributed by atoms with E-state index >= 15 is 0 Å². The molecule has 0 aromatic heterocycles. The fourth-order valence-electron chi connectivity index (χ4n) is 3.10. The molecule has 3 rings (SSSR count). The van der Waals surface area contributed by atoms with Gasteiger partial charge in [0.1, 0.15) is 5.82 Å². The molecular formula is C13H14BrClFN. The third-order valence-corrected chi connectivity index (χ3v) is 5.38. The highest BCUT2D eigenvalue weighted by Gasteiger charge is 2.47. The molecule has 0 heterocycles. The molecule has 2 fully saturated rings. The van der Waals surface area contributed by atoms with E-state index in [9.17, 15) is 4.39 Å². The summed E-state index contributed by atoms with van der Waals surface area (Å²) in [6.45, 7) is 0. The first-order chi connectivity index (χ1) is 8.06. The molecular weight excluding hydrogens is 305 g/mol. The van der Waals surface area contributed by atoms with Gasteiger partial charge in [0.05, 0.1) is 5.02 Å². The van der Waals surface area contributed by atoms with Crippen LogP contribution in [0.15, 0.2) is 16.6 Å². The number of rotatable bonds is 2. The molecule has 0 bridgehead atoms. The molecule has 0 spiro atoms. The quantitative estimate of drug-likeness (QED) is 0.809. The minimum atomic E-state index is -0.255. The summed E-state index contributed by atoms with van der Waals surface area (Å²) in [7, 11) is 0. The van der Waals surface area contributed by atoms with Gasteiger partial charge < -0.3 is 5.73 Å². The van der Waals surface area contributed by atoms with Crippen molar-refractivity contribution in [1.82, 2.24) is 0 Å². The summed E-state index contributed by atoms with van der Waals surface area (Å²) in [5.74, 6) is 1.89. The molecule has 0 aliphatic heterocycles. The first kappa shape index (κ1) is 11.9. The zero-order valence-corrected chi connectivity index (χ0v) is 11.6. The number of halogens is 3. The van der Waals surface area contributed by atoms with Gasteiger partial charge in [0.2, 0.25) is 0 Å². The fourth-order valence-corrected chi connectivity index (χ4v) is 3.59. The fraction of sp³-hybridized carbons (Fsp3) is 0.538. The standard InChI is InChI=1S/C13H14BrClFN/c14-10-5-12(16)9(4-11(10)15)13(17)8-2-6-1-7(6)3-8/h4-8,13H,1-3,17H2. The van der Waals surface area contributed by atoms with E-state index in [0.717, 1.165) is 24.7 Å². The van der Waals surface area contributed by atoms with E-state index in [-0.39, 0.29) is 11.9 Å². The molecule has 0 amide bonds. The van der Waals surface area contributed by atoms with Crippen molar-refractivity contribution in [1.29, 1.82) is 0 Å². The Balaban J connectivity index is 1.85. The van der Waals surface area contributed by atoms with Crippen molar-refractivity contribution in [3.63, 3.8) is 0 Å². The van der Waals surface area contributed by atoms with Crippen LogP contribution in [0.5, 0.6) is 0 Å². The average molecular weight is 319 g/mol. The van der Waals surface area contributed by atoms with E-state index < -0.39 is 0 Å². The maximum atomic E-state index is 13.9. The predicted molar refractivity (Wildman–Crippen MR) is 70.4 cm³/mol. The van der Waals surface area contributed by atoms with Gasteiger partial charge >= 0.3 is 0 Å². The molecule has 1 aromatic carbocycles. The van der Waals surface area contributed by atoms with Crippen molar-refractivity contribution in [2.45, 2.75) is 25.3 Å². The Morgan fingerprint density at radius 1 is 1.29 bits per heavy atom. The predicted octanol–water partition coefficient (Wildman–Crippen LogP) is 4.29. The third kappa shape index (κ3) is 2.13. The second-order valence-electron chi connectivity index (χ2n) is 5.30. The van der Waals surface area contributed by atoms with E-state index in [1.54, 1.807) is 6.07 Å². The lowest BCUT2D eigenvalue weighted by Gasteiger charge is -2.22. The van der Waals surface area contributed by atoms with Crippen LogP contribution in [0.25, 0.3) is 0 Å². The zero-order chi connectivity index (χ0) is 12.2. The molecule has 3 unspecified atom stereocenters. The normalized spacial score (nSPS) is 32.4. The third-order valence-electron chi connectivity index (χ3n) is 4.19. The summed E-state index contributed by atoms with van der Waals surface area (Å²) in [6.07, 6.45) is 3.66. The van der Waals surface area contributed by atoms with Crippen molar-refractivity contribution in [2.24, 2.45) is 23.5 Å². The highest BCUT2D eigenvalue weighted by atomic mass is 79.9. The van der Waals surface area contributed by atoms with Crippen LogP contribution >= 0.6 is 27.5 Å². The molecule has 92 valence electrons. The molecule has 0 radical (unpaired) electrons. The maximum Gasteiger partial charge on any atom is 0.129 e. The molecule has 2 N–H and O–H groups in total. The van der Waals surface area contributed by atoms with Gasteiger partial charge in [0, 0.05) is 16.1 Å². The zero-order valence-electron chi connectivity index (χ0n) is 9.30. The first-order valence-electron chi connectivity index (χ1n) is 5.96. The topological polar surface area (TPSA) is 26.0 Å². The molecule has 2 saturated carbocycles. The van der Waals surface area contributed by atoms with E-state index in [4.69, 9.17) is 17.3 Å². The SMILES string of the molecule is NC(c1cc(Cl)c(Br)cc1F)C1CC2CC2C1. The summed E-state index contributed by atoms with van der Waals surface area (Å²) >= 11 is 9.22. The van der Waals surface area contributed by atoms with Crippen LogP contribution in [0.1, 0.15) is 30.9 Å². The molecule has 1 aromatic rings. The van der Waals surface area contributed by atoms with Gasteiger partial charge in [-0.3, -0.25) is 0 Å². The number of benzene rings is 1. The Bertz CT molecular complexity index is 455. The van der Waals surface area contributed by atoms with Crippen molar-refractivity contribution in [3.8, 4) is 0 Å². The largest absolute Gasteiger partial charge is 0.324 e. The monoisotopic (exact) mass is 317 g/mol. The summed E-state index contributed by atoms with van der Waals surface area (Å²) in [5, 5.41) is 0.528. The molecule has 1 nitrogen and oxygen atoms in total. The van der Waals surface area contributed by atoms with Gasteiger partial charge in [-0.05, 0) is 65.1 Å². The van der Waals surface area contributed by atoms with Gasteiger partial charge in [-0.15, -0.1) is 0 Å².